The van der Waals surface area contributed by atoms with Crippen LogP contribution in [0.5, 0.6) is 0 Å². The van der Waals surface area contributed by atoms with Gasteiger partial charge in [-0.15, -0.1) is 11.3 Å². The van der Waals surface area contributed by atoms with Crippen LogP contribution in [-0.2, 0) is 6.54 Å². The number of benzene rings is 1. The van der Waals surface area contributed by atoms with Crippen molar-refractivity contribution in [3.63, 3.8) is 0 Å². The molecule has 2 heterocycles. The fraction of sp³-hybridized carbons (Fsp3) is 0.125. The Morgan fingerprint density at radius 1 is 1.36 bits per heavy atom. The van der Waals surface area contributed by atoms with Gasteiger partial charge in [-0.25, -0.2) is 4.98 Å². The highest BCUT2D eigenvalue weighted by molar-refractivity contribution is 9.10. The van der Waals surface area contributed by atoms with Crippen LogP contribution in [0.15, 0.2) is 57.4 Å². The zero-order valence-electron chi connectivity index (χ0n) is 11.9. The first-order chi connectivity index (χ1) is 10.6. The number of nitrogens with one attached hydrogen (secondary N) is 1. The molecular formula is C16H14BrN3OS. The van der Waals surface area contributed by atoms with E-state index in [4.69, 9.17) is 0 Å². The van der Waals surface area contributed by atoms with Crippen molar-refractivity contribution in [2.24, 2.45) is 0 Å². The van der Waals surface area contributed by atoms with Gasteiger partial charge in [0, 0.05) is 27.4 Å². The highest BCUT2D eigenvalue weighted by atomic mass is 79.9. The molecule has 1 N–H and O–H groups in total. The van der Waals surface area contributed by atoms with Crippen LogP contribution in [0.2, 0.25) is 0 Å². The molecule has 0 amide bonds. The summed E-state index contributed by atoms with van der Waals surface area (Å²) in [5.41, 5.74) is 1.75. The van der Waals surface area contributed by atoms with Crippen molar-refractivity contribution >= 4 is 33.1 Å². The summed E-state index contributed by atoms with van der Waals surface area (Å²) in [7, 11) is 0. The fourth-order valence-electron chi connectivity index (χ4n) is 2.10. The van der Waals surface area contributed by atoms with Gasteiger partial charge in [-0.05, 0) is 42.1 Å². The summed E-state index contributed by atoms with van der Waals surface area (Å²) in [5.74, 6) is 0.358. The first kappa shape index (κ1) is 15.0. The lowest BCUT2D eigenvalue weighted by atomic mass is 10.2. The van der Waals surface area contributed by atoms with Crippen molar-refractivity contribution in [1.82, 2.24) is 9.55 Å². The molecule has 0 unspecified atom stereocenters. The van der Waals surface area contributed by atoms with E-state index in [-0.39, 0.29) is 5.56 Å². The van der Waals surface area contributed by atoms with Crippen molar-refractivity contribution in [3.8, 4) is 5.69 Å². The zero-order valence-corrected chi connectivity index (χ0v) is 14.3. The van der Waals surface area contributed by atoms with Gasteiger partial charge in [0.05, 0.1) is 6.54 Å². The molecule has 112 valence electrons. The fourth-order valence-corrected chi connectivity index (χ4v) is 2.99. The van der Waals surface area contributed by atoms with E-state index < -0.39 is 0 Å². The Hall–Kier alpha value is -1.92. The smallest absolute Gasteiger partial charge is 0.297 e. The number of rotatable bonds is 4. The van der Waals surface area contributed by atoms with E-state index in [1.165, 1.54) is 0 Å². The molecule has 0 aliphatic rings. The van der Waals surface area contributed by atoms with Crippen LogP contribution in [0.1, 0.15) is 10.4 Å². The SMILES string of the molecule is Cc1cc(-n2ccnc(NCc3cccs3)c2=O)ccc1Br. The number of halogens is 1. The van der Waals surface area contributed by atoms with E-state index >= 15 is 0 Å². The first-order valence-electron chi connectivity index (χ1n) is 6.75. The Balaban J connectivity index is 1.91. The van der Waals surface area contributed by atoms with E-state index in [1.807, 2.05) is 42.6 Å². The average Bonchev–Trinajstić information content (AvgIpc) is 3.02. The molecule has 0 radical (unpaired) electrons. The van der Waals surface area contributed by atoms with Crippen LogP contribution in [-0.4, -0.2) is 9.55 Å². The largest absolute Gasteiger partial charge is 0.361 e. The van der Waals surface area contributed by atoms with Crippen LogP contribution in [0.4, 0.5) is 5.82 Å². The average molecular weight is 376 g/mol. The summed E-state index contributed by atoms with van der Waals surface area (Å²) in [6, 6.07) is 9.83. The topological polar surface area (TPSA) is 46.9 Å². The van der Waals surface area contributed by atoms with E-state index in [9.17, 15) is 4.79 Å². The van der Waals surface area contributed by atoms with Gasteiger partial charge in [0.15, 0.2) is 5.82 Å². The first-order valence-corrected chi connectivity index (χ1v) is 8.43. The van der Waals surface area contributed by atoms with Gasteiger partial charge in [-0.1, -0.05) is 22.0 Å². The lowest BCUT2D eigenvalue weighted by Crippen LogP contribution is -2.23. The third-order valence-electron chi connectivity index (χ3n) is 3.27. The molecule has 0 spiro atoms. The van der Waals surface area contributed by atoms with Crippen molar-refractivity contribution in [2.75, 3.05) is 5.32 Å². The van der Waals surface area contributed by atoms with Crippen molar-refractivity contribution in [1.29, 1.82) is 0 Å². The number of nitrogens with zero attached hydrogens (tertiary/aromatic N) is 2. The molecule has 0 aliphatic heterocycles. The van der Waals surface area contributed by atoms with Crippen LogP contribution in [0.25, 0.3) is 5.69 Å². The van der Waals surface area contributed by atoms with E-state index in [0.29, 0.717) is 12.4 Å². The predicted octanol–water partition coefficient (Wildman–Crippen LogP) is 3.98. The van der Waals surface area contributed by atoms with Crippen molar-refractivity contribution in [2.45, 2.75) is 13.5 Å². The summed E-state index contributed by atoms with van der Waals surface area (Å²) in [5, 5.41) is 5.12. The summed E-state index contributed by atoms with van der Waals surface area (Å²) in [6.07, 6.45) is 3.32. The number of anilines is 1. The summed E-state index contributed by atoms with van der Waals surface area (Å²) in [4.78, 5) is 17.9. The molecule has 0 bridgehead atoms. The molecular weight excluding hydrogens is 362 g/mol. The molecule has 0 aliphatic carbocycles. The lowest BCUT2D eigenvalue weighted by Gasteiger charge is -2.10. The van der Waals surface area contributed by atoms with Gasteiger partial charge in [0.25, 0.3) is 5.56 Å². The minimum absolute atomic E-state index is 0.152. The maximum absolute atomic E-state index is 12.6. The third-order valence-corrected chi connectivity index (χ3v) is 5.04. The second kappa shape index (κ2) is 6.46. The molecule has 2 aromatic heterocycles. The van der Waals surface area contributed by atoms with Crippen LogP contribution in [0.3, 0.4) is 0 Å². The quantitative estimate of drug-likeness (QED) is 0.749. The van der Waals surface area contributed by atoms with Gasteiger partial charge < -0.3 is 5.32 Å². The summed E-state index contributed by atoms with van der Waals surface area (Å²) >= 11 is 5.12. The molecule has 0 saturated heterocycles. The number of thiophene rings is 1. The Morgan fingerprint density at radius 2 is 2.23 bits per heavy atom. The van der Waals surface area contributed by atoms with Crippen LogP contribution in [0, 0.1) is 6.92 Å². The Labute approximate surface area is 140 Å². The van der Waals surface area contributed by atoms with Gasteiger partial charge in [0.2, 0.25) is 0 Å². The van der Waals surface area contributed by atoms with Gasteiger partial charge >= 0.3 is 0 Å². The molecule has 0 atom stereocenters. The summed E-state index contributed by atoms with van der Waals surface area (Å²) < 4.78 is 2.62. The second-order valence-electron chi connectivity index (χ2n) is 4.82. The minimum atomic E-state index is -0.152. The van der Waals surface area contributed by atoms with E-state index in [1.54, 1.807) is 28.3 Å². The molecule has 4 nitrogen and oxygen atoms in total. The minimum Gasteiger partial charge on any atom is -0.361 e. The Morgan fingerprint density at radius 3 is 2.95 bits per heavy atom. The van der Waals surface area contributed by atoms with E-state index in [2.05, 4.69) is 26.2 Å². The van der Waals surface area contributed by atoms with Crippen LogP contribution < -0.4 is 10.9 Å². The lowest BCUT2D eigenvalue weighted by molar-refractivity contribution is 0.944. The highest BCUT2D eigenvalue weighted by Crippen LogP contribution is 2.19. The van der Waals surface area contributed by atoms with Gasteiger partial charge in [0.1, 0.15) is 0 Å². The number of aromatic nitrogens is 2. The Bertz CT molecular complexity index is 843. The molecule has 1 aromatic carbocycles. The molecule has 0 fully saturated rings. The second-order valence-corrected chi connectivity index (χ2v) is 6.70. The third kappa shape index (κ3) is 3.13. The zero-order chi connectivity index (χ0) is 15.5. The van der Waals surface area contributed by atoms with Crippen molar-refractivity contribution in [3.05, 3.63) is 73.4 Å². The number of aryl methyl sites for hydroxylation is 1. The monoisotopic (exact) mass is 375 g/mol. The maximum Gasteiger partial charge on any atom is 0.297 e. The molecule has 22 heavy (non-hydrogen) atoms. The summed E-state index contributed by atoms with van der Waals surface area (Å²) in [6.45, 7) is 2.60. The predicted molar refractivity (Wildman–Crippen MR) is 93.9 cm³/mol. The maximum atomic E-state index is 12.6. The number of hydrogen-bond acceptors (Lipinski definition) is 4. The van der Waals surface area contributed by atoms with Crippen molar-refractivity contribution < 1.29 is 0 Å². The normalized spacial score (nSPS) is 10.6. The highest BCUT2D eigenvalue weighted by Gasteiger charge is 2.07. The number of hydrogen-bond donors (Lipinski definition) is 1. The molecule has 3 aromatic rings. The van der Waals surface area contributed by atoms with E-state index in [0.717, 1.165) is 20.6 Å². The van der Waals surface area contributed by atoms with Gasteiger partial charge in [-0.2, -0.15) is 0 Å². The molecule has 6 heteroatoms. The molecule has 3 rings (SSSR count). The molecule has 0 saturated carbocycles. The standard InChI is InChI=1S/C16H14BrN3OS/c1-11-9-12(4-5-14(11)17)20-7-6-18-15(16(20)21)19-10-13-3-2-8-22-13/h2-9H,10H2,1H3,(H,18,19). The Kier molecular flexibility index (Phi) is 4.40. The van der Waals surface area contributed by atoms with Crippen LogP contribution >= 0.6 is 27.3 Å². The van der Waals surface area contributed by atoms with Gasteiger partial charge in [-0.3, -0.25) is 9.36 Å².